The van der Waals surface area contributed by atoms with Crippen molar-refractivity contribution in [1.82, 2.24) is 9.55 Å². The summed E-state index contributed by atoms with van der Waals surface area (Å²) >= 11 is 0. The molecule has 4 nitrogen and oxygen atoms in total. The molecule has 124 valence electrons. The highest BCUT2D eigenvalue weighted by Gasteiger charge is 2.26. The average molecular weight is 322 g/mol. The van der Waals surface area contributed by atoms with E-state index in [9.17, 15) is 9.90 Å². The van der Waals surface area contributed by atoms with Gasteiger partial charge in [-0.3, -0.25) is 14.3 Å². The lowest BCUT2D eigenvalue weighted by Gasteiger charge is -2.18. The number of carbonyl (C=O) groups excluding carboxylic acids is 1. The molecule has 0 saturated heterocycles. The van der Waals surface area contributed by atoms with E-state index in [1.807, 2.05) is 51.1 Å². The maximum Gasteiger partial charge on any atom is 0.236 e. The minimum absolute atomic E-state index is 0.00581. The lowest BCUT2D eigenvalue weighted by Crippen LogP contribution is -2.26. The van der Waals surface area contributed by atoms with Crippen LogP contribution in [0.15, 0.2) is 48.9 Å². The Morgan fingerprint density at radius 2 is 1.79 bits per heavy atom. The SMILES string of the molecule is CC(O)c1cn(C(=O)C(C)(C)C)c2cc(-c3ccncc3)ccc12. The van der Waals surface area contributed by atoms with Crippen molar-refractivity contribution in [1.29, 1.82) is 0 Å². The Labute approximate surface area is 141 Å². The molecule has 0 amide bonds. The van der Waals surface area contributed by atoms with Crippen LogP contribution in [0.3, 0.4) is 0 Å². The maximum atomic E-state index is 12.8. The normalized spacial score (nSPS) is 13.2. The first-order chi connectivity index (χ1) is 11.3. The molecule has 1 unspecified atom stereocenters. The van der Waals surface area contributed by atoms with Crippen LogP contribution in [0.5, 0.6) is 0 Å². The summed E-state index contributed by atoms with van der Waals surface area (Å²) < 4.78 is 1.67. The van der Waals surface area contributed by atoms with Gasteiger partial charge in [0.25, 0.3) is 0 Å². The van der Waals surface area contributed by atoms with Crippen LogP contribution in [-0.2, 0) is 0 Å². The van der Waals surface area contributed by atoms with Gasteiger partial charge in [-0.2, -0.15) is 0 Å². The van der Waals surface area contributed by atoms with Gasteiger partial charge in [0.15, 0.2) is 0 Å². The number of benzene rings is 1. The largest absolute Gasteiger partial charge is 0.389 e. The Morgan fingerprint density at radius 1 is 1.12 bits per heavy atom. The average Bonchev–Trinajstić information content (AvgIpc) is 2.93. The predicted octanol–water partition coefficient (Wildman–Crippen LogP) is 4.44. The summed E-state index contributed by atoms with van der Waals surface area (Å²) in [4.78, 5) is 16.9. The molecule has 1 aromatic carbocycles. The van der Waals surface area contributed by atoms with Crippen LogP contribution < -0.4 is 0 Å². The molecule has 0 aliphatic heterocycles. The minimum atomic E-state index is -0.631. The molecule has 4 heteroatoms. The number of hydrogen-bond donors (Lipinski definition) is 1. The van der Waals surface area contributed by atoms with E-state index in [2.05, 4.69) is 4.98 Å². The fraction of sp³-hybridized carbons (Fsp3) is 0.300. The van der Waals surface area contributed by atoms with Crippen molar-refractivity contribution in [3.63, 3.8) is 0 Å². The molecule has 0 bridgehead atoms. The van der Waals surface area contributed by atoms with Crippen LogP contribution in [0.1, 0.15) is 44.2 Å². The number of fused-ring (bicyclic) bond motifs is 1. The number of pyridine rings is 1. The van der Waals surface area contributed by atoms with E-state index in [1.165, 1.54) is 0 Å². The van der Waals surface area contributed by atoms with Gasteiger partial charge in [0.1, 0.15) is 0 Å². The summed E-state index contributed by atoms with van der Waals surface area (Å²) in [6.07, 6.45) is 4.63. The van der Waals surface area contributed by atoms with E-state index in [4.69, 9.17) is 0 Å². The van der Waals surface area contributed by atoms with Crippen LogP contribution >= 0.6 is 0 Å². The standard InChI is InChI=1S/C20H22N2O2/c1-13(23)17-12-22(19(24)20(2,3)4)18-11-15(5-6-16(17)18)14-7-9-21-10-8-14/h5-13,23H,1-4H3. The van der Waals surface area contributed by atoms with Crippen molar-refractivity contribution in [3.05, 3.63) is 54.5 Å². The third kappa shape index (κ3) is 2.85. The molecule has 0 aliphatic carbocycles. The fourth-order valence-corrected chi connectivity index (χ4v) is 2.84. The van der Waals surface area contributed by atoms with Gasteiger partial charge in [0.2, 0.25) is 5.91 Å². The Balaban J connectivity index is 2.25. The van der Waals surface area contributed by atoms with Gasteiger partial charge in [0, 0.05) is 35.0 Å². The second-order valence-electron chi connectivity index (χ2n) is 7.15. The third-order valence-corrected chi connectivity index (χ3v) is 4.16. The molecule has 0 aliphatic rings. The fourth-order valence-electron chi connectivity index (χ4n) is 2.84. The van der Waals surface area contributed by atoms with Crippen molar-refractivity contribution in [2.24, 2.45) is 5.41 Å². The zero-order valence-corrected chi connectivity index (χ0v) is 14.4. The van der Waals surface area contributed by atoms with Gasteiger partial charge in [0.05, 0.1) is 11.6 Å². The van der Waals surface area contributed by atoms with E-state index < -0.39 is 11.5 Å². The van der Waals surface area contributed by atoms with Gasteiger partial charge in [-0.1, -0.05) is 32.9 Å². The van der Waals surface area contributed by atoms with Crippen molar-refractivity contribution in [2.45, 2.75) is 33.8 Å². The summed E-state index contributed by atoms with van der Waals surface area (Å²) in [5.41, 5.74) is 3.14. The van der Waals surface area contributed by atoms with Gasteiger partial charge in [-0.15, -0.1) is 0 Å². The van der Waals surface area contributed by atoms with E-state index in [-0.39, 0.29) is 5.91 Å². The van der Waals surface area contributed by atoms with Crippen LogP contribution in [0.25, 0.3) is 22.0 Å². The van der Waals surface area contributed by atoms with Crippen LogP contribution in [0.2, 0.25) is 0 Å². The third-order valence-electron chi connectivity index (χ3n) is 4.16. The number of hydrogen-bond acceptors (Lipinski definition) is 3. The summed E-state index contributed by atoms with van der Waals surface area (Å²) in [6, 6.07) is 9.86. The van der Waals surface area contributed by atoms with Gasteiger partial charge >= 0.3 is 0 Å². The van der Waals surface area contributed by atoms with Gasteiger partial charge < -0.3 is 5.11 Å². The zero-order chi connectivity index (χ0) is 17.5. The number of aliphatic hydroxyl groups is 1. The molecule has 0 fully saturated rings. The smallest absolute Gasteiger partial charge is 0.236 e. The molecule has 1 N–H and O–H groups in total. The molecule has 1 atom stereocenters. The number of nitrogens with zero attached hydrogens (tertiary/aromatic N) is 2. The molecule has 3 aromatic rings. The summed E-state index contributed by atoms with van der Waals surface area (Å²) in [5.74, 6) is 0.00581. The molecule has 2 heterocycles. The number of aliphatic hydroxyl groups excluding tert-OH is 1. The topological polar surface area (TPSA) is 55.1 Å². The van der Waals surface area contributed by atoms with Crippen LogP contribution in [0, 0.1) is 5.41 Å². The molecular formula is C20H22N2O2. The Bertz CT molecular complexity index is 887. The first-order valence-corrected chi connectivity index (χ1v) is 8.07. The Kier molecular flexibility index (Phi) is 4.01. The summed E-state index contributed by atoms with van der Waals surface area (Å²) in [6.45, 7) is 7.42. The summed E-state index contributed by atoms with van der Waals surface area (Å²) in [7, 11) is 0. The highest BCUT2D eigenvalue weighted by Crippen LogP contribution is 2.32. The molecule has 0 radical (unpaired) electrons. The van der Waals surface area contributed by atoms with E-state index in [0.29, 0.717) is 0 Å². The lowest BCUT2D eigenvalue weighted by molar-refractivity contribution is 0.0772. The quantitative estimate of drug-likeness (QED) is 0.758. The van der Waals surface area contributed by atoms with Gasteiger partial charge in [-0.05, 0) is 36.2 Å². The molecule has 3 rings (SSSR count). The van der Waals surface area contributed by atoms with Crippen LogP contribution in [0.4, 0.5) is 0 Å². The second-order valence-corrected chi connectivity index (χ2v) is 7.15. The molecule has 0 spiro atoms. The highest BCUT2D eigenvalue weighted by molar-refractivity contribution is 5.98. The van der Waals surface area contributed by atoms with E-state index >= 15 is 0 Å². The Hall–Kier alpha value is -2.46. The second kappa shape index (κ2) is 5.87. The number of rotatable bonds is 2. The summed E-state index contributed by atoms with van der Waals surface area (Å²) in [5, 5.41) is 11.0. The number of aromatic nitrogens is 2. The molecular weight excluding hydrogens is 300 g/mol. The lowest BCUT2D eigenvalue weighted by atomic mass is 9.95. The molecule has 0 saturated carbocycles. The molecule has 24 heavy (non-hydrogen) atoms. The first-order valence-electron chi connectivity index (χ1n) is 8.07. The van der Waals surface area contributed by atoms with Crippen molar-refractivity contribution in [3.8, 4) is 11.1 Å². The van der Waals surface area contributed by atoms with Crippen LogP contribution in [-0.4, -0.2) is 20.6 Å². The van der Waals surface area contributed by atoms with E-state index in [1.54, 1.807) is 30.1 Å². The number of carbonyl (C=O) groups is 1. The Morgan fingerprint density at radius 3 is 2.38 bits per heavy atom. The predicted molar refractivity (Wildman–Crippen MR) is 95.9 cm³/mol. The molecule has 2 aromatic heterocycles. The van der Waals surface area contributed by atoms with Crippen molar-refractivity contribution in [2.75, 3.05) is 0 Å². The monoisotopic (exact) mass is 322 g/mol. The zero-order valence-electron chi connectivity index (χ0n) is 14.4. The van der Waals surface area contributed by atoms with Gasteiger partial charge in [-0.25, -0.2) is 0 Å². The maximum absolute atomic E-state index is 12.8. The van der Waals surface area contributed by atoms with Crippen molar-refractivity contribution >= 4 is 16.8 Å². The van der Waals surface area contributed by atoms with E-state index in [0.717, 1.165) is 27.6 Å². The first kappa shape index (κ1) is 16.4. The highest BCUT2D eigenvalue weighted by atomic mass is 16.3. The van der Waals surface area contributed by atoms with Crippen molar-refractivity contribution < 1.29 is 9.90 Å². The minimum Gasteiger partial charge on any atom is -0.389 e.